The Hall–Kier alpha value is -1.13. The van der Waals surface area contributed by atoms with Gasteiger partial charge in [0.2, 0.25) is 0 Å². The van der Waals surface area contributed by atoms with Crippen LogP contribution in [0.4, 0.5) is 0 Å². The van der Waals surface area contributed by atoms with E-state index in [9.17, 15) is 0 Å². The third-order valence-corrected chi connectivity index (χ3v) is 7.80. The van der Waals surface area contributed by atoms with Crippen LogP contribution in [0.25, 0.3) is 11.1 Å². The maximum absolute atomic E-state index is 2.40. The highest BCUT2D eigenvalue weighted by Gasteiger charge is 2.31. The fourth-order valence-electron chi connectivity index (χ4n) is 3.90. The molecule has 1 heteroatoms. The van der Waals surface area contributed by atoms with Crippen LogP contribution in [-0.2, 0) is 0 Å². The van der Waals surface area contributed by atoms with Crippen molar-refractivity contribution in [2.24, 2.45) is 0 Å². The molecular weight excluding hydrogens is 271 g/mol. The summed E-state index contributed by atoms with van der Waals surface area (Å²) in [6.07, 6.45) is 0. The number of fused-ring (bicyclic) bond motifs is 3. The Bertz CT molecular complexity index is 647. The highest BCUT2D eigenvalue weighted by Crippen LogP contribution is 2.51. The highest BCUT2D eigenvalue weighted by molar-refractivity contribution is 7.67. The van der Waals surface area contributed by atoms with E-state index in [1.54, 1.807) is 10.9 Å². The van der Waals surface area contributed by atoms with Gasteiger partial charge in [-0.25, -0.2) is 0 Å². The summed E-state index contributed by atoms with van der Waals surface area (Å²) in [5.41, 5.74) is 7.51. The number of hydrogen-bond donors (Lipinski definition) is 0. The lowest BCUT2D eigenvalue weighted by atomic mass is 9.99. The SMILES string of the molecule is CC1c2ccccc2-c2cccc(P(C(C)C)C(C)C)c21. The zero-order valence-corrected chi connectivity index (χ0v) is 14.6. The summed E-state index contributed by atoms with van der Waals surface area (Å²) in [5.74, 6) is 0.537. The first-order chi connectivity index (χ1) is 10.0. The molecule has 0 spiro atoms. The molecule has 110 valence electrons. The summed E-state index contributed by atoms with van der Waals surface area (Å²) in [6, 6.07) is 15.9. The Morgan fingerprint density at radius 1 is 0.810 bits per heavy atom. The van der Waals surface area contributed by atoms with Crippen molar-refractivity contribution in [1.82, 2.24) is 0 Å². The minimum absolute atomic E-state index is 0.106. The van der Waals surface area contributed by atoms with Gasteiger partial charge in [0.05, 0.1) is 0 Å². The summed E-state index contributed by atoms with van der Waals surface area (Å²) in [4.78, 5) is 0. The van der Waals surface area contributed by atoms with Gasteiger partial charge in [-0.3, -0.25) is 0 Å². The van der Waals surface area contributed by atoms with E-state index in [1.165, 1.54) is 16.7 Å². The van der Waals surface area contributed by atoms with Gasteiger partial charge in [0.25, 0.3) is 0 Å². The lowest BCUT2D eigenvalue weighted by molar-refractivity contribution is 0.959. The van der Waals surface area contributed by atoms with Crippen molar-refractivity contribution in [1.29, 1.82) is 0 Å². The van der Waals surface area contributed by atoms with E-state index < -0.39 is 0 Å². The second-order valence-electron chi connectivity index (χ2n) is 6.64. The second kappa shape index (κ2) is 5.58. The van der Waals surface area contributed by atoms with E-state index in [0.717, 1.165) is 11.3 Å². The molecule has 0 aliphatic heterocycles. The van der Waals surface area contributed by atoms with Crippen molar-refractivity contribution in [3.63, 3.8) is 0 Å². The number of benzene rings is 2. The van der Waals surface area contributed by atoms with Crippen molar-refractivity contribution < 1.29 is 0 Å². The van der Waals surface area contributed by atoms with Gasteiger partial charge in [0, 0.05) is 5.92 Å². The van der Waals surface area contributed by atoms with E-state index in [1.807, 2.05) is 0 Å². The Morgan fingerprint density at radius 3 is 2.10 bits per heavy atom. The molecule has 0 saturated heterocycles. The minimum atomic E-state index is -0.106. The molecule has 1 atom stereocenters. The first kappa shape index (κ1) is 14.8. The first-order valence-electron chi connectivity index (χ1n) is 8.03. The molecule has 1 unspecified atom stereocenters. The van der Waals surface area contributed by atoms with Gasteiger partial charge >= 0.3 is 0 Å². The monoisotopic (exact) mass is 296 g/mol. The van der Waals surface area contributed by atoms with E-state index in [2.05, 4.69) is 77.1 Å². The number of rotatable bonds is 3. The van der Waals surface area contributed by atoms with Crippen molar-refractivity contribution in [3.05, 3.63) is 53.6 Å². The summed E-state index contributed by atoms with van der Waals surface area (Å²) in [7, 11) is -0.106. The molecule has 1 aliphatic rings. The average molecular weight is 296 g/mol. The summed E-state index contributed by atoms with van der Waals surface area (Å²) in [5, 5.41) is 1.64. The molecule has 0 aromatic heterocycles. The molecule has 3 rings (SSSR count). The Kier molecular flexibility index (Phi) is 3.93. The van der Waals surface area contributed by atoms with Crippen LogP contribution in [0.5, 0.6) is 0 Å². The van der Waals surface area contributed by atoms with Crippen LogP contribution in [0, 0.1) is 0 Å². The Labute approximate surface area is 130 Å². The van der Waals surface area contributed by atoms with Crippen LogP contribution < -0.4 is 5.30 Å². The maximum Gasteiger partial charge on any atom is 0.00796 e. The zero-order chi connectivity index (χ0) is 15.1. The molecular formula is C20H25P. The van der Waals surface area contributed by atoms with Gasteiger partial charge in [-0.15, -0.1) is 0 Å². The summed E-state index contributed by atoms with van der Waals surface area (Å²) < 4.78 is 0. The molecule has 0 heterocycles. The molecule has 0 bridgehead atoms. The summed E-state index contributed by atoms with van der Waals surface area (Å²) in [6.45, 7) is 11.9. The van der Waals surface area contributed by atoms with Crippen molar-refractivity contribution in [3.8, 4) is 11.1 Å². The van der Waals surface area contributed by atoms with Crippen molar-refractivity contribution in [2.75, 3.05) is 0 Å². The van der Waals surface area contributed by atoms with Crippen LogP contribution >= 0.6 is 7.92 Å². The fourth-order valence-corrected chi connectivity index (χ4v) is 7.05. The van der Waals surface area contributed by atoms with Crippen LogP contribution in [0.2, 0.25) is 0 Å². The third-order valence-electron chi connectivity index (χ3n) is 4.62. The van der Waals surface area contributed by atoms with Gasteiger partial charge in [-0.1, -0.05) is 85.0 Å². The Balaban J connectivity index is 2.21. The normalized spacial score (nSPS) is 16.7. The molecule has 0 nitrogen and oxygen atoms in total. The van der Waals surface area contributed by atoms with E-state index >= 15 is 0 Å². The van der Waals surface area contributed by atoms with Crippen molar-refractivity contribution in [2.45, 2.75) is 51.9 Å². The predicted octanol–water partition coefficient (Wildman–Crippen LogP) is 5.74. The van der Waals surface area contributed by atoms with Gasteiger partial charge in [0.15, 0.2) is 0 Å². The minimum Gasteiger partial charge on any atom is -0.0697 e. The van der Waals surface area contributed by atoms with Gasteiger partial charge in [-0.05, 0) is 38.9 Å². The molecule has 0 amide bonds. The highest BCUT2D eigenvalue weighted by atomic mass is 31.1. The van der Waals surface area contributed by atoms with Crippen LogP contribution in [0.1, 0.15) is 51.7 Å². The van der Waals surface area contributed by atoms with Crippen LogP contribution in [-0.4, -0.2) is 11.3 Å². The van der Waals surface area contributed by atoms with Gasteiger partial charge < -0.3 is 0 Å². The number of hydrogen-bond acceptors (Lipinski definition) is 0. The topological polar surface area (TPSA) is 0 Å². The smallest absolute Gasteiger partial charge is 0.00796 e. The average Bonchev–Trinajstić information content (AvgIpc) is 2.73. The van der Waals surface area contributed by atoms with Crippen LogP contribution in [0.3, 0.4) is 0 Å². The maximum atomic E-state index is 2.40. The largest absolute Gasteiger partial charge is 0.0697 e. The third kappa shape index (κ3) is 2.34. The Morgan fingerprint density at radius 2 is 1.43 bits per heavy atom. The van der Waals surface area contributed by atoms with E-state index in [0.29, 0.717) is 5.92 Å². The molecule has 1 aliphatic carbocycles. The standard InChI is InChI=1S/C20H25P/c1-13(2)21(14(3)4)19-12-8-11-18-17-10-7-6-9-16(17)15(5)20(18)19/h6-15H,1-5H3. The fraction of sp³-hybridized carbons (Fsp3) is 0.400. The lowest BCUT2D eigenvalue weighted by Gasteiger charge is -2.29. The van der Waals surface area contributed by atoms with E-state index in [4.69, 9.17) is 0 Å². The molecule has 0 N–H and O–H groups in total. The van der Waals surface area contributed by atoms with E-state index in [-0.39, 0.29) is 7.92 Å². The zero-order valence-electron chi connectivity index (χ0n) is 13.7. The molecule has 21 heavy (non-hydrogen) atoms. The molecule has 0 fully saturated rings. The molecule has 0 saturated carbocycles. The van der Waals surface area contributed by atoms with Gasteiger partial charge in [0.1, 0.15) is 0 Å². The summed E-state index contributed by atoms with van der Waals surface area (Å²) >= 11 is 0. The quantitative estimate of drug-likeness (QED) is 0.633. The van der Waals surface area contributed by atoms with Crippen LogP contribution in [0.15, 0.2) is 42.5 Å². The molecule has 2 aromatic carbocycles. The van der Waals surface area contributed by atoms with Crippen molar-refractivity contribution >= 4 is 13.2 Å². The lowest BCUT2D eigenvalue weighted by Crippen LogP contribution is -2.19. The second-order valence-corrected chi connectivity index (χ2v) is 10.0. The van der Waals surface area contributed by atoms with Gasteiger partial charge in [-0.2, -0.15) is 0 Å². The first-order valence-corrected chi connectivity index (χ1v) is 9.51. The predicted molar refractivity (Wildman–Crippen MR) is 96.2 cm³/mol. The molecule has 0 radical (unpaired) electrons. The molecule has 2 aromatic rings.